The highest BCUT2D eigenvalue weighted by Gasteiger charge is 2.18. The number of rotatable bonds is 4. The second kappa shape index (κ2) is 9.38. The molecule has 0 unspecified atom stereocenters. The van der Waals surface area contributed by atoms with Gasteiger partial charge in [0, 0.05) is 31.3 Å². The lowest BCUT2D eigenvalue weighted by atomic mass is 10.1. The summed E-state index contributed by atoms with van der Waals surface area (Å²) >= 11 is 0. The highest BCUT2D eigenvalue weighted by molar-refractivity contribution is 5.69. The molecule has 2 aliphatic heterocycles. The van der Waals surface area contributed by atoms with Crippen molar-refractivity contribution in [2.24, 2.45) is 4.99 Å². The third kappa shape index (κ3) is 4.44. The van der Waals surface area contributed by atoms with Crippen LogP contribution in [-0.4, -0.2) is 38.8 Å². The molecule has 0 saturated carbocycles. The minimum Gasteiger partial charge on any atom is -0.381 e. The van der Waals surface area contributed by atoms with Crippen molar-refractivity contribution < 1.29 is 9.13 Å². The van der Waals surface area contributed by atoms with Crippen LogP contribution in [0.4, 0.5) is 15.9 Å². The molecule has 1 saturated heterocycles. The van der Waals surface area contributed by atoms with Crippen molar-refractivity contribution >= 4 is 23.7 Å². The number of nitrogens with zero attached hydrogens (tertiary/aromatic N) is 5. The molecule has 7 nitrogen and oxygen atoms in total. The number of hydrogen-bond acceptors (Lipinski definition) is 6. The molecule has 1 N–H and O–H groups in total. The number of anilines is 2. The highest BCUT2D eigenvalue weighted by Crippen LogP contribution is 2.24. The van der Waals surface area contributed by atoms with E-state index in [4.69, 9.17) is 14.7 Å². The fraction of sp³-hybridized carbons (Fsp3) is 0.259. The fourth-order valence-electron chi connectivity index (χ4n) is 4.64. The Hall–Kier alpha value is -3.91. The zero-order valence-electron chi connectivity index (χ0n) is 19.2. The SMILES string of the molecule is Fc1ccc(-n2c3cc(=NC4CCOCC4)c(Nc4cnccn4)cc-3nc3c2=CCCC=3)cc1. The van der Waals surface area contributed by atoms with E-state index in [2.05, 4.69) is 38.1 Å². The maximum absolute atomic E-state index is 13.8. The number of halogens is 1. The first-order valence-electron chi connectivity index (χ1n) is 11.9. The molecule has 6 rings (SSSR count). The van der Waals surface area contributed by atoms with Gasteiger partial charge in [-0.2, -0.15) is 0 Å². The summed E-state index contributed by atoms with van der Waals surface area (Å²) in [5, 5.41) is 6.15. The van der Waals surface area contributed by atoms with Gasteiger partial charge in [0.1, 0.15) is 11.6 Å². The van der Waals surface area contributed by atoms with Gasteiger partial charge in [0.25, 0.3) is 0 Å². The smallest absolute Gasteiger partial charge is 0.148 e. The van der Waals surface area contributed by atoms with Crippen molar-refractivity contribution in [1.29, 1.82) is 0 Å². The van der Waals surface area contributed by atoms with E-state index in [0.717, 1.165) is 64.5 Å². The fourth-order valence-corrected chi connectivity index (χ4v) is 4.64. The molecule has 3 heterocycles. The van der Waals surface area contributed by atoms with Crippen molar-refractivity contribution in [1.82, 2.24) is 19.5 Å². The van der Waals surface area contributed by atoms with E-state index in [-0.39, 0.29) is 11.9 Å². The van der Waals surface area contributed by atoms with E-state index in [1.807, 2.05) is 6.07 Å². The van der Waals surface area contributed by atoms with Crippen LogP contribution in [0.25, 0.3) is 29.2 Å². The molecule has 0 bridgehead atoms. The molecule has 8 heteroatoms. The van der Waals surface area contributed by atoms with Crippen molar-refractivity contribution in [2.75, 3.05) is 18.5 Å². The number of hydrogen-bond donors (Lipinski definition) is 1. The van der Waals surface area contributed by atoms with Gasteiger partial charge in [0.2, 0.25) is 0 Å². The Labute approximate surface area is 201 Å². The summed E-state index contributed by atoms with van der Waals surface area (Å²) in [7, 11) is 0. The van der Waals surface area contributed by atoms with Crippen LogP contribution in [0.3, 0.4) is 0 Å². The molecule has 2 aromatic rings. The summed E-state index contributed by atoms with van der Waals surface area (Å²) in [6.45, 7) is 1.42. The highest BCUT2D eigenvalue weighted by atomic mass is 19.1. The van der Waals surface area contributed by atoms with Gasteiger partial charge in [-0.05, 0) is 62.1 Å². The Morgan fingerprint density at radius 2 is 1.86 bits per heavy atom. The van der Waals surface area contributed by atoms with E-state index in [1.165, 1.54) is 12.1 Å². The molecule has 176 valence electrons. The largest absolute Gasteiger partial charge is 0.381 e. The van der Waals surface area contributed by atoms with Gasteiger partial charge in [-0.25, -0.2) is 14.4 Å². The molecule has 0 spiro atoms. The molecule has 0 atom stereocenters. The Kier molecular flexibility index (Phi) is 5.79. The van der Waals surface area contributed by atoms with Gasteiger partial charge in [0.15, 0.2) is 0 Å². The molecule has 0 radical (unpaired) electrons. The lowest BCUT2D eigenvalue weighted by Gasteiger charge is -2.21. The lowest BCUT2D eigenvalue weighted by Crippen LogP contribution is -2.40. The normalized spacial score (nSPS) is 16.4. The van der Waals surface area contributed by atoms with Crippen LogP contribution in [0, 0.1) is 5.82 Å². The average Bonchev–Trinajstić information content (AvgIpc) is 2.90. The van der Waals surface area contributed by atoms with Crippen LogP contribution in [0.5, 0.6) is 0 Å². The molecule has 1 aromatic heterocycles. The average molecular weight is 469 g/mol. The van der Waals surface area contributed by atoms with E-state index >= 15 is 0 Å². The molecular weight excluding hydrogens is 443 g/mol. The number of fused-ring (bicyclic) bond motifs is 2. The molecule has 2 aliphatic carbocycles. The molecule has 35 heavy (non-hydrogen) atoms. The maximum Gasteiger partial charge on any atom is 0.148 e. The predicted octanol–water partition coefficient (Wildman–Crippen LogP) is 3.08. The van der Waals surface area contributed by atoms with Crippen LogP contribution in [0.15, 0.2) is 60.0 Å². The Morgan fingerprint density at radius 3 is 2.66 bits per heavy atom. The topological polar surface area (TPSA) is 77.2 Å². The number of benzene rings is 2. The number of aromatic nitrogens is 4. The van der Waals surface area contributed by atoms with E-state index in [1.54, 1.807) is 30.7 Å². The van der Waals surface area contributed by atoms with E-state index < -0.39 is 0 Å². The van der Waals surface area contributed by atoms with Crippen LogP contribution >= 0.6 is 0 Å². The Balaban J connectivity index is 1.62. The second-order valence-corrected chi connectivity index (χ2v) is 8.73. The van der Waals surface area contributed by atoms with Crippen LogP contribution in [-0.2, 0) is 4.74 Å². The van der Waals surface area contributed by atoms with Gasteiger partial charge in [-0.1, -0.05) is 12.2 Å². The van der Waals surface area contributed by atoms with Gasteiger partial charge < -0.3 is 14.6 Å². The minimum absolute atomic E-state index is 0.174. The van der Waals surface area contributed by atoms with Crippen molar-refractivity contribution in [3.63, 3.8) is 0 Å². The van der Waals surface area contributed by atoms with Gasteiger partial charge in [0.05, 0.1) is 45.4 Å². The third-order valence-electron chi connectivity index (χ3n) is 6.34. The standard InChI is InChI=1S/C27H25FN6O/c28-18-5-7-20(8-6-18)34-25-4-2-1-3-21(25)32-24-15-22(33-27-17-29-11-12-30-27)23(16-26(24)34)31-19-9-13-35-14-10-19/h3-8,11-12,15-17,19H,1-2,9-10,13-14H2,(H,30,33). The summed E-state index contributed by atoms with van der Waals surface area (Å²) in [5.74, 6) is 0.377. The van der Waals surface area contributed by atoms with Gasteiger partial charge >= 0.3 is 0 Å². The quantitative estimate of drug-likeness (QED) is 0.498. The Bertz CT molecular complexity index is 1510. The zero-order chi connectivity index (χ0) is 23.6. The first kappa shape index (κ1) is 21.6. The minimum atomic E-state index is -0.261. The molecule has 0 amide bonds. The summed E-state index contributed by atoms with van der Waals surface area (Å²) in [4.78, 5) is 18.7. The van der Waals surface area contributed by atoms with Gasteiger partial charge in [-0.3, -0.25) is 9.98 Å². The first-order valence-corrected chi connectivity index (χ1v) is 11.9. The van der Waals surface area contributed by atoms with Crippen LogP contribution in [0.2, 0.25) is 0 Å². The molecule has 4 aliphatic rings. The summed E-state index contributed by atoms with van der Waals surface area (Å²) in [6.07, 6.45) is 13.0. The zero-order valence-corrected chi connectivity index (χ0v) is 19.2. The molecular formula is C27H25FN6O. The van der Waals surface area contributed by atoms with Crippen LogP contribution in [0.1, 0.15) is 25.7 Å². The lowest BCUT2D eigenvalue weighted by molar-refractivity contribution is 0.0864. The summed E-state index contributed by atoms with van der Waals surface area (Å²) in [5.41, 5.74) is 3.44. The first-order chi connectivity index (χ1) is 17.2. The molecule has 1 aromatic carbocycles. The maximum atomic E-state index is 13.8. The number of ether oxygens (including phenoxy) is 1. The van der Waals surface area contributed by atoms with E-state index in [0.29, 0.717) is 19.0 Å². The second-order valence-electron chi connectivity index (χ2n) is 8.73. The summed E-state index contributed by atoms with van der Waals surface area (Å²) < 4.78 is 21.5. The van der Waals surface area contributed by atoms with Crippen molar-refractivity contribution in [3.8, 4) is 17.1 Å². The Morgan fingerprint density at radius 1 is 1.03 bits per heavy atom. The van der Waals surface area contributed by atoms with Crippen molar-refractivity contribution in [2.45, 2.75) is 31.7 Å². The molecule has 1 fully saturated rings. The van der Waals surface area contributed by atoms with E-state index in [9.17, 15) is 4.39 Å². The van der Waals surface area contributed by atoms with Crippen LogP contribution < -0.4 is 21.4 Å². The van der Waals surface area contributed by atoms with Gasteiger partial charge in [-0.15, -0.1) is 0 Å². The monoisotopic (exact) mass is 468 g/mol. The predicted molar refractivity (Wildman–Crippen MR) is 132 cm³/mol. The number of nitrogens with one attached hydrogen (secondary N) is 1. The summed E-state index contributed by atoms with van der Waals surface area (Å²) in [6, 6.07) is 10.9. The van der Waals surface area contributed by atoms with Crippen molar-refractivity contribution in [3.05, 3.63) is 76.9 Å². The third-order valence-corrected chi connectivity index (χ3v) is 6.34.